The molecule has 0 amide bonds. The van der Waals surface area contributed by atoms with Crippen molar-refractivity contribution in [3.05, 3.63) is 53.1 Å². The highest BCUT2D eigenvalue weighted by Gasteiger charge is 2.24. The summed E-state index contributed by atoms with van der Waals surface area (Å²) in [6, 6.07) is 0. The van der Waals surface area contributed by atoms with Crippen LogP contribution >= 0.6 is 0 Å². The average Bonchev–Trinajstić information content (AvgIpc) is 2.46. The molecule has 0 saturated carbocycles. The van der Waals surface area contributed by atoms with E-state index in [2.05, 4.69) is 13.2 Å². The van der Waals surface area contributed by atoms with Gasteiger partial charge in [0.15, 0.2) is 0 Å². The molecule has 0 atom stereocenters. The minimum atomic E-state index is -0.345. The lowest BCUT2D eigenvalue weighted by molar-refractivity contribution is 0.0521. The Balaban J connectivity index is 3.59. The van der Waals surface area contributed by atoms with Crippen molar-refractivity contribution in [1.29, 1.82) is 0 Å². The summed E-state index contributed by atoms with van der Waals surface area (Å²) in [4.78, 5) is 12.3. The molecule has 0 spiro atoms. The monoisotopic (exact) mass is 288 g/mol. The molecule has 3 heteroatoms. The lowest BCUT2D eigenvalue weighted by Crippen LogP contribution is -2.14. The summed E-state index contributed by atoms with van der Waals surface area (Å²) in [6.07, 6.45) is 4.12. The van der Waals surface area contributed by atoms with Gasteiger partial charge in [0.1, 0.15) is 17.9 Å². The van der Waals surface area contributed by atoms with Gasteiger partial charge in [-0.25, -0.2) is 4.79 Å². The minimum Gasteiger partial charge on any atom is -0.488 e. The van der Waals surface area contributed by atoms with Crippen molar-refractivity contribution in [2.24, 2.45) is 0 Å². The molecule has 0 bridgehead atoms. The Labute approximate surface area is 127 Å². The quantitative estimate of drug-likeness (QED) is 0.560. The van der Waals surface area contributed by atoms with Gasteiger partial charge in [-0.2, -0.15) is 0 Å². The van der Waals surface area contributed by atoms with Crippen LogP contribution in [0.4, 0.5) is 0 Å². The van der Waals surface area contributed by atoms with E-state index in [0.717, 1.165) is 22.3 Å². The van der Waals surface area contributed by atoms with Gasteiger partial charge in [-0.3, -0.25) is 0 Å². The van der Waals surface area contributed by atoms with Crippen LogP contribution in [-0.2, 0) is 11.2 Å². The van der Waals surface area contributed by atoms with Crippen LogP contribution in [0.2, 0.25) is 0 Å². The molecule has 0 aromatic heterocycles. The van der Waals surface area contributed by atoms with E-state index in [1.807, 2.05) is 26.8 Å². The van der Waals surface area contributed by atoms with Crippen molar-refractivity contribution in [2.75, 3.05) is 13.2 Å². The molecule has 0 heterocycles. The molecule has 0 unspecified atom stereocenters. The highest BCUT2D eigenvalue weighted by atomic mass is 16.5. The van der Waals surface area contributed by atoms with Crippen LogP contribution in [0, 0.1) is 20.8 Å². The van der Waals surface area contributed by atoms with Crippen LogP contribution in [0.3, 0.4) is 0 Å². The van der Waals surface area contributed by atoms with Gasteiger partial charge in [-0.05, 0) is 50.8 Å². The third kappa shape index (κ3) is 3.54. The maximum Gasteiger partial charge on any atom is 0.342 e. The van der Waals surface area contributed by atoms with E-state index < -0.39 is 0 Å². The second kappa shape index (κ2) is 7.67. The molecule has 1 aromatic rings. The Hall–Kier alpha value is -2.03. The van der Waals surface area contributed by atoms with E-state index in [1.165, 1.54) is 0 Å². The number of benzene rings is 1. The van der Waals surface area contributed by atoms with E-state index in [0.29, 0.717) is 30.9 Å². The largest absolute Gasteiger partial charge is 0.488 e. The summed E-state index contributed by atoms with van der Waals surface area (Å²) < 4.78 is 11.0. The molecule has 0 radical (unpaired) electrons. The number of esters is 1. The van der Waals surface area contributed by atoms with E-state index in [-0.39, 0.29) is 5.97 Å². The zero-order valence-electron chi connectivity index (χ0n) is 13.4. The third-order valence-corrected chi connectivity index (χ3v) is 3.63. The normalized spacial score (nSPS) is 10.1. The van der Waals surface area contributed by atoms with Gasteiger partial charge in [0, 0.05) is 5.56 Å². The lowest BCUT2D eigenvalue weighted by Gasteiger charge is -2.21. The summed E-state index contributed by atoms with van der Waals surface area (Å²) in [6.45, 7) is 15.9. The zero-order chi connectivity index (χ0) is 16.0. The number of carbonyl (C=O) groups excluding carboxylic acids is 1. The maximum atomic E-state index is 12.3. The number of ether oxygens (including phenoxy) is 2. The number of hydrogen-bond acceptors (Lipinski definition) is 3. The molecular weight excluding hydrogens is 264 g/mol. The van der Waals surface area contributed by atoms with Crippen molar-refractivity contribution in [3.8, 4) is 5.75 Å². The van der Waals surface area contributed by atoms with Gasteiger partial charge in [0.2, 0.25) is 0 Å². The fourth-order valence-electron chi connectivity index (χ4n) is 2.33. The molecule has 114 valence electrons. The summed E-state index contributed by atoms with van der Waals surface area (Å²) in [5, 5.41) is 0. The van der Waals surface area contributed by atoms with Crippen LogP contribution in [0.15, 0.2) is 25.3 Å². The highest BCUT2D eigenvalue weighted by Crippen LogP contribution is 2.34. The van der Waals surface area contributed by atoms with Gasteiger partial charge < -0.3 is 9.47 Å². The topological polar surface area (TPSA) is 35.5 Å². The number of hydrogen-bond donors (Lipinski definition) is 0. The van der Waals surface area contributed by atoms with Crippen molar-refractivity contribution in [2.45, 2.75) is 34.1 Å². The predicted octanol–water partition coefficient (Wildman–Crippen LogP) is 4.08. The second-order valence-corrected chi connectivity index (χ2v) is 4.87. The van der Waals surface area contributed by atoms with Crippen LogP contribution in [-0.4, -0.2) is 19.2 Å². The van der Waals surface area contributed by atoms with Gasteiger partial charge in [-0.15, -0.1) is 6.58 Å². The van der Waals surface area contributed by atoms with Crippen LogP contribution in [0.25, 0.3) is 0 Å². The molecule has 0 saturated heterocycles. The Kier molecular flexibility index (Phi) is 6.22. The van der Waals surface area contributed by atoms with E-state index in [1.54, 1.807) is 13.0 Å². The SMILES string of the molecule is C=CCOc1c(CC=C)c(C)c(C)c(C)c1C(=O)OCC. The van der Waals surface area contributed by atoms with Crippen molar-refractivity contribution < 1.29 is 14.3 Å². The first kappa shape index (κ1) is 17.0. The number of allylic oxidation sites excluding steroid dienone is 1. The Morgan fingerprint density at radius 3 is 2.29 bits per heavy atom. The molecule has 0 aliphatic carbocycles. The lowest BCUT2D eigenvalue weighted by atomic mass is 9.91. The molecule has 1 rings (SSSR count). The number of carbonyl (C=O) groups is 1. The summed E-state index contributed by atoms with van der Waals surface area (Å²) in [5.74, 6) is 0.247. The van der Waals surface area contributed by atoms with Gasteiger partial charge >= 0.3 is 5.97 Å². The molecule has 0 fully saturated rings. The van der Waals surface area contributed by atoms with Crippen LogP contribution < -0.4 is 4.74 Å². The van der Waals surface area contributed by atoms with Crippen molar-refractivity contribution >= 4 is 5.97 Å². The molecule has 0 N–H and O–H groups in total. The molecular formula is C18H24O3. The third-order valence-electron chi connectivity index (χ3n) is 3.63. The first-order valence-electron chi connectivity index (χ1n) is 7.13. The van der Waals surface area contributed by atoms with Gasteiger partial charge in [-0.1, -0.05) is 18.7 Å². The van der Waals surface area contributed by atoms with E-state index in [4.69, 9.17) is 9.47 Å². The molecule has 21 heavy (non-hydrogen) atoms. The molecule has 0 aliphatic heterocycles. The van der Waals surface area contributed by atoms with Crippen LogP contribution in [0.5, 0.6) is 5.75 Å². The van der Waals surface area contributed by atoms with Crippen molar-refractivity contribution in [1.82, 2.24) is 0 Å². The average molecular weight is 288 g/mol. The summed E-state index contributed by atoms with van der Waals surface area (Å²) in [7, 11) is 0. The number of rotatable bonds is 7. The fourth-order valence-corrected chi connectivity index (χ4v) is 2.33. The first-order chi connectivity index (χ1) is 9.99. The Bertz CT molecular complexity index is 556. The van der Waals surface area contributed by atoms with E-state index in [9.17, 15) is 4.79 Å². The van der Waals surface area contributed by atoms with Gasteiger partial charge in [0.05, 0.1) is 6.61 Å². The summed E-state index contributed by atoms with van der Waals surface area (Å²) >= 11 is 0. The second-order valence-electron chi connectivity index (χ2n) is 4.87. The summed E-state index contributed by atoms with van der Waals surface area (Å²) in [5.41, 5.74) is 4.61. The predicted molar refractivity (Wildman–Crippen MR) is 86.2 cm³/mol. The first-order valence-corrected chi connectivity index (χ1v) is 7.13. The van der Waals surface area contributed by atoms with E-state index >= 15 is 0 Å². The highest BCUT2D eigenvalue weighted by molar-refractivity contribution is 5.95. The van der Waals surface area contributed by atoms with Crippen LogP contribution in [0.1, 0.15) is 39.5 Å². The zero-order valence-corrected chi connectivity index (χ0v) is 13.4. The van der Waals surface area contributed by atoms with Gasteiger partial charge in [0.25, 0.3) is 0 Å². The molecule has 3 nitrogen and oxygen atoms in total. The minimum absolute atomic E-state index is 0.336. The maximum absolute atomic E-state index is 12.3. The molecule has 0 aliphatic rings. The Morgan fingerprint density at radius 2 is 1.76 bits per heavy atom. The standard InChI is InChI=1S/C18H24O3/c1-7-10-15-13(5)12(4)14(6)16(18(19)20-9-3)17(15)21-11-8-2/h7-8H,1-2,9-11H2,3-6H3. The Morgan fingerprint density at radius 1 is 1.10 bits per heavy atom. The molecule has 1 aromatic carbocycles. The fraction of sp³-hybridized carbons (Fsp3) is 0.389. The smallest absolute Gasteiger partial charge is 0.342 e. The van der Waals surface area contributed by atoms with Crippen molar-refractivity contribution in [3.63, 3.8) is 0 Å².